The monoisotopic (exact) mass is 112 g/mol. The summed E-state index contributed by atoms with van der Waals surface area (Å²) >= 11 is 0. The summed E-state index contributed by atoms with van der Waals surface area (Å²) in [7, 11) is 0. The topological polar surface area (TPSA) is 31.2 Å². The molecule has 0 aliphatic heterocycles. The lowest BCUT2D eigenvalue weighted by Gasteiger charge is -1.75. The van der Waals surface area contributed by atoms with E-state index in [1.165, 1.54) is 0 Å². The van der Waals surface area contributed by atoms with Crippen LogP contribution in [0.5, 0.6) is 0 Å². The zero-order valence-corrected chi connectivity index (χ0v) is 5.05. The SMILES string of the molecule is C=[N+]=C(C)CCC=O. The van der Waals surface area contributed by atoms with Crippen LogP contribution in [0.2, 0.25) is 0 Å². The van der Waals surface area contributed by atoms with Crippen molar-refractivity contribution < 1.29 is 4.79 Å². The molecule has 2 nitrogen and oxygen atoms in total. The molecule has 0 heterocycles. The van der Waals surface area contributed by atoms with Crippen molar-refractivity contribution in [2.45, 2.75) is 19.8 Å². The van der Waals surface area contributed by atoms with E-state index in [1.807, 2.05) is 6.92 Å². The molecule has 0 N–H and O–H groups in total. The molecular formula is C6H10NO+. The van der Waals surface area contributed by atoms with Crippen molar-refractivity contribution in [3.8, 4) is 0 Å². The van der Waals surface area contributed by atoms with Gasteiger partial charge >= 0.3 is 0 Å². The van der Waals surface area contributed by atoms with Crippen LogP contribution in [0.25, 0.3) is 0 Å². The van der Waals surface area contributed by atoms with E-state index in [4.69, 9.17) is 0 Å². The summed E-state index contributed by atoms with van der Waals surface area (Å²) in [4.78, 5) is 9.75. The first-order valence-corrected chi connectivity index (χ1v) is 2.54. The molecule has 0 atom stereocenters. The molecule has 2 heteroatoms. The van der Waals surface area contributed by atoms with Crippen LogP contribution in [-0.4, -0.2) is 18.7 Å². The smallest absolute Gasteiger partial charge is 0.277 e. The van der Waals surface area contributed by atoms with Crippen molar-refractivity contribution >= 4 is 18.7 Å². The number of rotatable bonds is 3. The van der Waals surface area contributed by atoms with Crippen molar-refractivity contribution in [1.29, 1.82) is 0 Å². The van der Waals surface area contributed by atoms with Crippen molar-refractivity contribution in [2.75, 3.05) is 0 Å². The van der Waals surface area contributed by atoms with Gasteiger partial charge in [0.2, 0.25) is 0 Å². The van der Waals surface area contributed by atoms with Crippen molar-refractivity contribution in [2.24, 2.45) is 0 Å². The molecule has 0 rings (SSSR count). The predicted octanol–water partition coefficient (Wildman–Crippen LogP) is 0.194. The second kappa shape index (κ2) is 4.28. The first-order chi connectivity index (χ1) is 3.81. The maximum Gasteiger partial charge on any atom is 0.277 e. The summed E-state index contributed by atoms with van der Waals surface area (Å²) in [6.45, 7) is 5.17. The van der Waals surface area contributed by atoms with Gasteiger partial charge in [-0.05, 0) is 0 Å². The molecule has 0 aromatic rings. The highest BCUT2D eigenvalue weighted by Gasteiger charge is 1.96. The number of hydrogen-bond donors (Lipinski definition) is 0. The summed E-state index contributed by atoms with van der Waals surface area (Å²) in [5.41, 5.74) is 0.928. The molecule has 0 saturated carbocycles. The van der Waals surface area contributed by atoms with E-state index < -0.39 is 0 Å². The second-order valence-electron chi connectivity index (χ2n) is 1.60. The maximum atomic E-state index is 9.75. The molecule has 0 aromatic carbocycles. The second-order valence-corrected chi connectivity index (χ2v) is 1.60. The van der Waals surface area contributed by atoms with Crippen LogP contribution in [0.3, 0.4) is 0 Å². The van der Waals surface area contributed by atoms with E-state index >= 15 is 0 Å². The highest BCUT2D eigenvalue weighted by Crippen LogP contribution is 1.82. The standard InChI is InChI=1S/C6H10NO/c1-6(7-2)4-3-5-8/h5H,2-4H2,1H3/q+1. The quantitative estimate of drug-likeness (QED) is 0.291. The molecule has 0 aliphatic rings. The molecule has 0 aliphatic carbocycles. The minimum atomic E-state index is 0.560. The normalized spacial score (nSPS) is 7.62. The third-order valence-electron chi connectivity index (χ3n) is 0.894. The molecule has 8 heavy (non-hydrogen) atoms. The summed E-state index contributed by atoms with van der Waals surface area (Å²) in [5.74, 6) is 0. The van der Waals surface area contributed by atoms with Gasteiger partial charge in [0.1, 0.15) is 6.29 Å². The van der Waals surface area contributed by atoms with Gasteiger partial charge in [0.05, 0.1) is 6.42 Å². The fraction of sp³-hybridized carbons (Fsp3) is 0.500. The Morgan fingerprint density at radius 1 is 1.88 bits per heavy atom. The van der Waals surface area contributed by atoms with Crippen LogP contribution in [0.4, 0.5) is 0 Å². The van der Waals surface area contributed by atoms with Crippen molar-refractivity contribution in [1.82, 2.24) is 4.67 Å². The average molecular weight is 112 g/mol. The molecule has 0 amide bonds. The van der Waals surface area contributed by atoms with Crippen LogP contribution in [0.1, 0.15) is 19.8 Å². The Hall–Kier alpha value is -0.880. The number of hydrogen-bond acceptors (Lipinski definition) is 1. The van der Waals surface area contributed by atoms with Crippen LogP contribution >= 0.6 is 0 Å². The zero-order valence-electron chi connectivity index (χ0n) is 5.05. The van der Waals surface area contributed by atoms with E-state index in [2.05, 4.69) is 11.4 Å². The van der Waals surface area contributed by atoms with Gasteiger partial charge in [0.25, 0.3) is 12.4 Å². The molecule has 0 aromatic heterocycles. The Labute approximate surface area is 49.0 Å². The van der Waals surface area contributed by atoms with Crippen LogP contribution < -0.4 is 4.67 Å². The van der Waals surface area contributed by atoms with Gasteiger partial charge in [0.15, 0.2) is 0 Å². The predicted molar refractivity (Wildman–Crippen MR) is 35.2 cm³/mol. The lowest BCUT2D eigenvalue weighted by atomic mass is 10.2. The summed E-state index contributed by atoms with van der Waals surface area (Å²) in [6, 6.07) is 0. The van der Waals surface area contributed by atoms with Gasteiger partial charge in [-0.2, -0.15) is 0 Å². The molecule has 0 saturated heterocycles. The summed E-state index contributed by atoms with van der Waals surface area (Å²) in [5, 5.41) is 0. The third kappa shape index (κ3) is 3.32. The Balaban J connectivity index is 3.39. The van der Waals surface area contributed by atoms with Crippen LogP contribution in [0, 0.1) is 0 Å². The van der Waals surface area contributed by atoms with E-state index in [0.717, 1.165) is 18.4 Å². The Bertz CT molecular complexity index is 122. The largest absolute Gasteiger partial charge is 0.303 e. The van der Waals surface area contributed by atoms with E-state index in [9.17, 15) is 4.79 Å². The Morgan fingerprint density at radius 2 is 2.50 bits per heavy atom. The van der Waals surface area contributed by atoms with E-state index in [1.54, 1.807) is 0 Å². The van der Waals surface area contributed by atoms with Gasteiger partial charge in [0, 0.05) is 13.3 Å². The molecule has 0 bridgehead atoms. The van der Waals surface area contributed by atoms with Crippen molar-refractivity contribution in [3.05, 3.63) is 0 Å². The number of carbonyl (C=O) groups is 1. The fourth-order valence-electron chi connectivity index (χ4n) is 0.347. The first-order valence-electron chi connectivity index (χ1n) is 2.54. The van der Waals surface area contributed by atoms with Gasteiger partial charge in [-0.1, -0.05) is 0 Å². The lowest BCUT2D eigenvalue weighted by Crippen LogP contribution is -1.94. The highest BCUT2D eigenvalue weighted by atomic mass is 16.1. The molecule has 0 unspecified atom stereocenters. The Morgan fingerprint density at radius 3 is 2.88 bits per heavy atom. The molecular weight excluding hydrogens is 102 g/mol. The first kappa shape index (κ1) is 7.12. The van der Waals surface area contributed by atoms with Gasteiger partial charge in [-0.3, -0.25) is 0 Å². The van der Waals surface area contributed by atoms with E-state index in [0.29, 0.717) is 6.42 Å². The Kier molecular flexibility index (Phi) is 3.81. The number of carbonyl (C=O) groups excluding carboxylic acids is 1. The lowest BCUT2D eigenvalue weighted by molar-refractivity contribution is -0.107. The minimum absolute atomic E-state index is 0.560. The van der Waals surface area contributed by atoms with Gasteiger partial charge in [-0.25, -0.2) is 0 Å². The van der Waals surface area contributed by atoms with Crippen molar-refractivity contribution in [3.63, 3.8) is 0 Å². The molecule has 0 radical (unpaired) electrons. The minimum Gasteiger partial charge on any atom is -0.303 e. The molecule has 0 spiro atoms. The average Bonchev–Trinajstić information content (AvgIpc) is 1.83. The highest BCUT2D eigenvalue weighted by molar-refractivity contribution is 5.83. The van der Waals surface area contributed by atoms with Crippen LogP contribution in [-0.2, 0) is 4.79 Å². The number of nitrogens with zero attached hydrogens (tertiary/aromatic N) is 1. The molecule has 0 fully saturated rings. The number of aldehydes is 1. The summed E-state index contributed by atoms with van der Waals surface area (Å²) in [6.07, 6.45) is 2.19. The zero-order chi connectivity index (χ0) is 6.41. The maximum absolute atomic E-state index is 9.75. The third-order valence-corrected chi connectivity index (χ3v) is 0.894. The summed E-state index contributed by atoms with van der Waals surface area (Å²) < 4.78 is 3.63. The van der Waals surface area contributed by atoms with E-state index in [-0.39, 0.29) is 0 Å². The van der Waals surface area contributed by atoms with Gasteiger partial charge in [-0.15, -0.1) is 4.67 Å². The van der Waals surface area contributed by atoms with Crippen LogP contribution in [0.15, 0.2) is 0 Å². The molecule has 44 valence electrons. The fourth-order valence-corrected chi connectivity index (χ4v) is 0.347. The van der Waals surface area contributed by atoms with Gasteiger partial charge < -0.3 is 4.79 Å².